The van der Waals surface area contributed by atoms with Gasteiger partial charge in [0.05, 0.1) is 12.8 Å². The van der Waals surface area contributed by atoms with Crippen LogP contribution in [-0.2, 0) is 27.9 Å². The molecular formula is C16H18FN3O3S. The first-order valence-corrected chi connectivity index (χ1v) is 9.04. The van der Waals surface area contributed by atoms with E-state index in [1.54, 1.807) is 24.5 Å². The Morgan fingerprint density at radius 2 is 1.92 bits per heavy atom. The fraction of sp³-hybridized carbons (Fsp3) is 0.250. The number of benzene rings is 1. The van der Waals surface area contributed by atoms with Crippen molar-refractivity contribution >= 4 is 15.9 Å². The second-order valence-corrected chi connectivity index (χ2v) is 7.28. The molecule has 2 rings (SSSR count). The molecule has 0 spiro atoms. The normalized spacial score (nSPS) is 11.5. The van der Waals surface area contributed by atoms with E-state index in [4.69, 9.17) is 0 Å². The maximum atomic E-state index is 12.9. The highest BCUT2D eigenvalue weighted by atomic mass is 32.2. The Morgan fingerprint density at radius 3 is 2.50 bits per heavy atom. The number of carbonyl (C=O) groups is 1. The van der Waals surface area contributed by atoms with Gasteiger partial charge in [0.25, 0.3) is 0 Å². The number of hydrogen-bond acceptors (Lipinski definition) is 4. The standard InChI is InChI=1S/C16H18FN3O3S/c1-24(22,23)20(11-13-4-6-15(17)7-5-13)12-16(21)19-10-14-3-2-8-18-9-14/h2-9H,10-12H2,1H3,(H,19,21). The van der Waals surface area contributed by atoms with E-state index < -0.39 is 21.7 Å². The van der Waals surface area contributed by atoms with Gasteiger partial charge >= 0.3 is 0 Å². The fourth-order valence-corrected chi connectivity index (χ4v) is 2.74. The molecule has 1 aromatic carbocycles. The van der Waals surface area contributed by atoms with Crippen molar-refractivity contribution in [2.45, 2.75) is 13.1 Å². The second kappa shape index (κ2) is 7.98. The van der Waals surface area contributed by atoms with Crippen molar-refractivity contribution in [1.29, 1.82) is 0 Å². The van der Waals surface area contributed by atoms with E-state index in [0.29, 0.717) is 5.56 Å². The number of pyridine rings is 1. The molecule has 1 N–H and O–H groups in total. The average Bonchev–Trinajstić information content (AvgIpc) is 2.54. The van der Waals surface area contributed by atoms with Gasteiger partial charge in [0.15, 0.2) is 0 Å². The number of hydrogen-bond donors (Lipinski definition) is 1. The van der Waals surface area contributed by atoms with Crippen molar-refractivity contribution < 1.29 is 17.6 Å². The molecule has 128 valence electrons. The second-order valence-electron chi connectivity index (χ2n) is 5.30. The van der Waals surface area contributed by atoms with Gasteiger partial charge < -0.3 is 5.32 Å². The van der Waals surface area contributed by atoms with Gasteiger partial charge in [-0.1, -0.05) is 18.2 Å². The average molecular weight is 351 g/mol. The highest BCUT2D eigenvalue weighted by Crippen LogP contribution is 2.09. The van der Waals surface area contributed by atoms with Gasteiger partial charge in [0.1, 0.15) is 5.82 Å². The minimum absolute atomic E-state index is 0.000570. The van der Waals surface area contributed by atoms with Crippen molar-refractivity contribution in [2.75, 3.05) is 12.8 Å². The quantitative estimate of drug-likeness (QED) is 0.815. The smallest absolute Gasteiger partial charge is 0.235 e. The van der Waals surface area contributed by atoms with Gasteiger partial charge in [0.2, 0.25) is 15.9 Å². The summed E-state index contributed by atoms with van der Waals surface area (Å²) in [6.45, 7) is -0.0449. The van der Waals surface area contributed by atoms with Crippen molar-refractivity contribution in [3.63, 3.8) is 0 Å². The number of halogens is 1. The summed E-state index contributed by atoms with van der Waals surface area (Å²) in [6.07, 6.45) is 4.28. The van der Waals surface area contributed by atoms with E-state index in [1.807, 2.05) is 0 Å². The predicted octanol–water partition coefficient (Wildman–Crippen LogP) is 1.30. The summed E-state index contributed by atoms with van der Waals surface area (Å²) in [5.41, 5.74) is 1.41. The third-order valence-corrected chi connectivity index (χ3v) is 4.47. The SMILES string of the molecule is CS(=O)(=O)N(CC(=O)NCc1cccnc1)Cc1ccc(F)cc1. The summed E-state index contributed by atoms with van der Waals surface area (Å²) in [6, 6.07) is 9.03. The first kappa shape index (κ1) is 18.0. The maximum Gasteiger partial charge on any atom is 0.235 e. The summed E-state index contributed by atoms with van der Waals surface area (Å²) in [5.74, 6) is -0.828. The molecule has 1 aromatic heterocycles. The Labute approximate surface area is 140 Å². The molecular weight excluding hydrogens is 333 g/mol. The van der Waals surface area contributed by atoms with Crippen LogP contribution in [0.3, 0.4) is 0 Å². The molecule has 2 aromatic rings. The zero-order valence-electron chi connectivity index (χ0n) is 13.1. The fourth-order valence-electron chi connectivity index (χ4n) is 2.00. The van der Waals surface area contributed by atoms with Gasteiger partial charge in [-0.15, -0.1) is 0 Å². The van der Waals surface area contributed by atoms with Crippen molar-refractivity contribution in [3.05, 3.63) is 65.7 Å². The van der Waals surface area contributed by atoms with Crippen molar-refractivity contribution in [2.24, 2.45) is 0 Å². The van der Waals surface area contributed by atoms with E-state index in [9.17, 15) is 17.6 Å². The third kappa shape index (κ3) is 5.71. The monoisotopic (exact) mass is 351 g/mol. The summed E-state index contributed by atoms with van der Waals surface area (Å²) in [4.78, 5) is 16.0. The lowest BCUT2D eigenvalue weighted by Gasteiger charge is -2.19. The minimum atomic E-state index is -3.58. The van der Waals surface area contributed by atoms with Gasteiger partial charge in [0, 0.05) is 25.5 Å². The Balaban J connectivity index is 1.98. The molecule has 0 saturated heterocycles. The molecule has 1 heterocycles. The molecule has 0 bridgehead atoms. The zero-order valence-corrected chi connectivity index (χ0v) is 14.0. The number of rotatable bonds is 7. The molecule has 0 unspecified atom stereocenters. The summed E-state index contributed by atoms with van der Waals surface area (Å²) < 4.78 is 37.7. The van der Waals surface area contributed by atoms with Gasteiger partial charge in [-0.2, -0.15) is 4.31 Å². The first-order chi connectivity index (χ1) is 11.3. The lowest BCUT2D eigenvalue weighted by Crippen LogP contribution is -2.39. The molecule has 6 nitrogen and oxygen atoms in total. The minimum Gasteiger partial charge on any atom is -0.351 e. The highest BCUT2D eigenvalue weighted by molar-refractivity contribution is 7.88. The molecule has 1 amide bonds. The molecule has 0 saturated carbocycles. The largest absolute Gasteiger partial charge is 0.351 e. The van der Waals surface area contributed by atoms with Crippen LogP contribution in [0.4, 0.5) is 4.39 Å². The van der Waals surface area contributed by atoms with Crippen LogP contribution in [0.1, 0.15) is 11.1 Å². The van der Waals surface area contributed by atoms with Crippen LogP contribution < -0.4 is 5.32 Å². The molecule has 0 aliphatic rings. The number of aromatic nitrogens is 1. The molecule has 0 fully saturated rings. The number of nitrogens with one attached hydrogen (secondary N) is 1. The van der Waals surface area contributed by atoms with Crippen LogP contribution in [0.15, 0.2) is 48.8 Å². The van der Waals surface area contributed by atoms with Crippen molar-refractivity contribution in [1.82, 2.24) is 14.6 Å². The third-order valence-electron chi connectivity index (χ3n) is 3.27. The molecule has 0 atom stereocenters. The predicted molar refractivity (Wildman–Crippen MR) is 87.7 cm³/mol. The highest BCUT2D eigenvalue weighted by Gasteiger charge is 2.20. The van der Waals surface area contributed by atoms with Gasteiger partial charge in [-0.05, 0) is 29.3 Å². The number of amides is 1. The number of sulfonamides is 1. The summed E-state index contributed by atoms with van der Waals surface area (Å²) in [7, 11) is -3.58. The number of nitrogens with zero attached hydrogens (tertiary/aromatic N) is 2. The van der Waals surface area contributed by atoms with Gasteiger partial charge in [-0.25, -0.2) is 12.8 Å². The molecule has 0 aliphatic carbocycles. The van der Waals surface area contributed by atoms with Crippen LogP contribution >= 0.6 is 0 Å². The lowest BCUT2D eigenvalue weighted by molar-refractivity contribution is -0.121. The Morgan fingerprint density at radius 1 is 1.21 bits per heavy atom. The number of carbonyl (C=O) groups excluding carboxylic acids is 1. The Kier molecular flexibility index (Phi) is 5.99. The summed E-state index contributed by atoms with van der Waals surface area (Å²) in [5, 5.41) is 2.65. The first-order valence-electron chi connectivity index (χ1n) is 7.20. The Bertz CT molecular complexity index is 780. The summed E-state index contributed by atoms with van der Waals surface area (Å²) >= 11 is 0. The Hall–Kier alpha value is -2.32. The van der Waals surface area contributed by atoms with Crippen LogP contribution in [0.5, 0.6) is 0 Å². The van der Waals surface area contributed by atoms with E-state index in [0.717, 1.165) is 16.1 Å². The molecule has 8 heteroatoms. The molecule has 0 aliphatic heterocycles. The zero-order chi connectivity index (χ0) is 17.6. The van der Waals surface area contributed by atoms with Crippen LogP contribution in [0, 0.1) is 5.82 Å². The van der Waals surface area contributed by atoms with Crippen LogP contribution in [0.2, 0.25) is 0 Å². The van der Waals surface area contributed by atoms with E-state index in [-0.39, 0.29) is 19.6 Å². The molecule has 24 heavy (non-hydrogen) atoms. The molecule has 0 radical (unpaired) electrons. The van der Waals surface area contributed by atoms with Crippen LogP contribution in [0.25, 0.3) is 0 Å². The van der Waals surface area contributed by atoms with Crippen molar-refractivity contribution in [3.8, 4) is 0 Å². The van der Waals surface area contributed by atoms with E-state index in [2.05, 4.69) is 10.3 Å². The van der Waals surface area contributed by atoms with E-state index >= 15 is 0 Å². The topological polar surface area (TPSA) is 79.4 Å². The van der Waals surface area contributed by atoms with E-state index in [1.165, 1.54) is 24.3 Å². The van der Waals surface area contributed by atoms with Crippen LogP contribution in [-0.4, -0.2) is 36.4 Å². The van der Waals surface area contributed by atoms with Gasteiger partial charge in [-0.3, -0.25) is 9.78 Å². The maximum absolute atomic E-state index is 12.9. The lowest BCUT2D eigenvalue weighted by atomic mass is 10.2.